The molecule has 0 spiro atoms. The van der Waals surface area contributed by atoms with E-state index < -0.39 is 0 Å². The smallest absolute Gasteiger partial charge is 0.123 e. The van der Waals surface area contributed by atoms with Gasteiger partial charge in [0.1, 0.15) is 6.29 Å². The first-order valence-corrected chi connectivity index (χ1v) is 5.41. The zero-order valence-electron chi connectivity index (χ0n) is 7.88. The van der Waals surface area contributed by atoms with Crippen LogP contribution < -0.4 is 0 Å². The second kappa shape index (κ2) is 4.74. The zero-order valence-corrected chi connectivity index (χ0v) is 10.0. The quantitative estimate of drug-likeness (QED) is 0.617. The lowest BCUT2D eigenvalue weighted by Gasteiger charge is -2.07. The fourth-order valence-corrected chi connectivity index (χ4v) is 1.93. The number of aldehydes is 1. The van der Waals surface area contributed by atoms with Gasteiger partial charge in [0.2, 0.25) is 0 Å². The molecule has 0 aliphatic carbocycles. The van der Waals surface area contributed by atoms with Crippen molar-refractivity contribution in [1.82, 2.24) is 0 Å². The summed E-state index contributed by atoms with van der Waals surface area (Å²) in [6.07, 6.45) is 1.86. The van der Waals surface area contributed by atoms with Crippen LogP contribution in [0, 0.1) is 16.4 Å². The number of aryl methyl sites for hydroxylation is 1. The maximum Gasteiger partial charge on any atom is 0.123 e. The van der Waals surface area contributed by atoms with Crippen LogP contribution in [-0.2, 0) is 11.2 Å². The summed E-state index contributed by atoms with van der Waals surface area (Å²) in [5, 5.41) is 0. The zero-order chi connectivity index (χ0) is 9.84. The first-order chi connectivity index (χ1) is 6.13. The minimum Gasteiger partial charge on any atom is -0.303 e. The predicted molar refractivity (Wildman–Crippen MR) is 62.8 cm³/mol. The van der Waals surface area contributed by atoms with Gasteiger partial charge in [0.05, 0.1) is 0 Å². The van der Waals surface area contributed by atoms with Crippen LogP contribution in [0.15, 0.2) is 18.2 Å². The molecule has 1 atom stereocenters. The summed E-state index contributed by atoms with van der Waals surface area (Å²) in [5.41, 5.74) is 2.56. The molecular formula is C11H13IO. The molecule has 1 unspecified atom stereocenters. The normalized spacial score (nSPS) is 12.5. The second-order valence-corrected chi connectivity index (χ2v) is 4.63. The molecule has 0 saturated heterocycles. The van der Waals surface area contributed by atoms with Crippen molar-refractivity contribution < 1.29 is 4.79 Å². The highest BCUT2D eigenvalue weighted by molar-refractivity contribution is 14.1. The van der Waals surface area contributed by atoms with E-state index in [0.717, 1.165) is 12.7 Å². The molecule has 0 amide bonds. The van der Waals surface area contributed by atoms with Crippen LogP contribution in [0.2, 0.25) is 0 Å². The number of carbonyl (C=O) groups is 1. The number of carbonyl (C=O) groups excluding carboxylic acids is 1. The summed E-state index contributed by atoms with van der Waals surface area (Å²) < 4.78 is 1.25. The Morgan fingerprint density at radius 1 is 1.54 bits per heavy atom. The standard InChI is InChI=1S/C11H13IO/c1-8(7-13)5-10-3-4-11(12)6-9(10)2/h3-4,6-8H,5H2,1-2H3. The summed E-state index contributed by atoms with van der Waals surface area (Å²) >= 11 is 2.30. The first-order valence-electron chi connectivity index (χ1n) is 4.34. The molecule has 13 heavy (non-hydrogen) atoms. The molecule has 1 rings (SSSR count). The van der Waals surface area contributed by atoms with Crippen LogP contribution >= 0.6 is 22.6 Å². The Balaban J connectivity index is 2.83. The van der Waals surface area contributed by atoms with Crippen LogP contribution in [0.4, 0.5) is 0 Å². The molecule has 0 saturated carbocycles. The molecule has 0 bridgehead atoms. The number of rotatable bonds is 3. The molecule has 0 aliphatic heterocycles. The third kappa shape index (κ3) is 3.10. The van der Waals surface area contributed by atoms with Crippen LogP contribution in [-0.4, -0.2) is 6.29 Å². The average Bonchev–Trinajstić information content (AvgIpc) is 2.09. The Morgan fingerprint density at radius 2 is 2.23 bits per heavy atom. The van der Waals surface area contributed by atoms with Crippen molar-refractivity contribution in [2.24, 2.45) is 5.92 Å². The second-order valence-electron chi connectivity index (χ2n) is 3.39. The maximum atomic E-state index is 10.5. The van der Waals surface area contributed by atoms with E-state index in [1.54, 1.807) is 0 Å². The van der Waals surface area contributed by atoms with E-state index in [2.05, 4.69) is 47.7 Å². The minimum atomic E-state index is 0.124. The summed E-state index contributed by atoms with van der Waals surface area (Å²) in [6, 6.07) is 6.34. The molecule has 0 aliphatic rings. The van der Waals surface area contributed by atoms with Crippen LogP contribution in [0.1, 0.15) is 18.1 Å². The van der Waals surface area contributed by atoms with Crippen molar-refractivity contribution in [2.75, 3.05) is 0 Å². The Labute approximate surface area is 92.7 Å². The molecule has 0 fully saturated rings. The third-order valence-electron chi connectivity index (χ3n) is 2.08. The van der Waals surface area contributed by atoms with Crippen molar-refractivity contribution in [2.45, 2.75) is 20.3 Å². The molecular weight excluding hydrogens is 275 g/mol. The van der Waals surface area contributed by atoms with Crippen LogP contribution in [0.3, 0.4) is 0 Å². The molecule has 0 heterocycles. The Bertz CT molecular complexity index is 307. The number of hydrogen-bond donors (Lipinski definition) is 0. The van der Waals surface area contributed by atoms with Gasteiger partial charge in [-0.1, -0.05) is 13.0 Å². The Hall–Kier alpha value is -0.380. The van der Waals surface area contributed by atoms with Crippen LogP contribution in [0.25, 0.3) is 0 Å². The summed E-state index contributed by atoms with van der Waals surface area (Å²) in [4.78, 5) is 10.5. The third-order valence-corrected chi connectivity index (χ3v) is 2.75. The lowest BCUT2D eigenvalue weighted by atomic mass is 9.99. The van der Waals surface area contributed by atoms with Crippen molar-refractivity contribution in [1.29, 1.82) is 0 Å². The van der Waals surface area contributed by atoms with Gasteiger partial charge in [-0.05, 0) is 59.2 Å². The van der Waals surface area contributed by atoms with Crippen molar-refractivity contribution >= 4 is 28.9 Å². The SMILES string of the molecule is Cc1cc(I)ccc1CC(C)C=O. The van der Waals surface area contributed by atoms with Gasteiger partial charge in [-0.3, -0.25) is 0 Å². The summed E-state index contributed by atoms with van der Waals surface area (Å²) in [6.45, 7) is 4.04. The fourth-order valence-electron chi connectivity index (χ4n) is 1.28. The molecule has 2 heteroatoms. The molecule has 70 valence electrons. The van der Waals surface area contributed by atoms with E-state index in [1.165, 1.54) is 14.7 Å². The Morgan fingerprint density at radius 3 is 2.77 bits per heavy atom. The van der Waals surface area contributed by atoms with Crippen molar-refractivity contribution in [3.8, 4) is 0 Å². The van der Waals surface area contributed by atoms with E-state index in [-0.39, 0.29) is 5.92 Å². The minimum absolute atomic E-state index is 0.124. The maximum absolute atomic E-state index is 10.5. The van der Waals surface area contributed by atoms with E-state index >= 15 is 0 Å². The van der Waals surface area contributed by atoms with Gasteiger partial charge in [0.15, 0.2) is 0 Å². The van der Waals surface area contributed by atoms with Gasteiger partial charge in [-0.15, -0.1) is 0 Å². The monoisotopic (exact) mass is 288 g/mol. The van der Waals surface area contributed by atoms with E-state index in [9.17, 15) is 4.79 Å². The van der Waals surface area contributed by atoms with E-state index in [0.29, 0.717) is 0 Å². The lowest BCUT2D eigenvalue weighted by molar-refractivity contribution is -0.110. The fraction of sp³-hybridized carbons (Fsp3) is 0.364. The van der Waals surface area contributed by atoms with Crippen molar-refractivity contribution in [3.05, 3.63) is 32.9 Å². The largest absolute Gasteiger partial charge is 0.303 e. The van der Waals surface area contributed by atoms with Crippen LogP contribution in [0.5, 0.6) is 0 Å². The van der Waals surface area contributed by atoms with Gasteiger partial charge in [-0.2, -0.15) is 0 Å². The molecule has 1 aromatic rings. The van der Waals surface area contributed by atoms with E-state index in [1.807, 2.05) is 6.92 Å². The Kier molecular flexibility index (Phi) is 3.90. The number of benzene rings is 1. The van der Waals surface area contributed by atoms with Gasteiger partial charge >= 0.3 is 0 Å². The van der Waals surface area contributed by atoms with E-state index in [4.69, 9.17) is 0 Å². The van der Waals surface area contributed by atoms with Gasteiger partial charge < -0.3 is 4.79 Å². The topological polar surface area (TPSA) is 17.1 Å². The first kappa shape index (κ1) is 10.7. The molecule has 0 radical (unpaired) electrons. The summed E-state index contributed by atoms with van der Waals surface area (Å²) in [7, 11) is 0. The number of halogens is 1. The number of hydrogen-bond acceptors (Lipinski definition) is 1. The lowest BCUT2D eigenvalue weighted by Crippen LogP contribution is -2.02. The molecule has 1 aromatic carbocycles. The highest BCUT2D eigenvalue weighted by Gasteiger charge is 2.04. The predicted octanol–water partition coefficient (Wildman–Crippen LogP) is 2.98. The average molecular weight is 288 g/mol. The molecule has 0 aromatic heterocycles. The molecule has 0 N–H and O–H groups in total. The highest BCUT2D eigenvalue weighted by Crippen LogP contribution is 2.15. The summed E-state index contributed by atoms with van der Waals surface area (Å²) in [5.74, 6) is 0.124. The van der Waals surface area contributed by atoms with Gasteiger partial charge in [0.25, 0.3) is 0 Å². The van der Waals surface area contributed by atoms with Crippen molar-refractivity contribution in [3.63, 3.8) is 0 Å². The molecule has 1 nitrogen and oxygen atoms in total. The highest BCUT2D eigenvalue weighted by atomic mass is 127. The van der Waals surface area contributed by atoms with Gasteiger partial charge in [0, 0.05) is 9.49 Å². The van der Waals surface area contributed by atoms with Gasteiger partial charge in [-0.25, -0.2) is 0 Å².